The normalized spacial score (nSPS) is 16.9. The van der Waals surface area contributed by atoms with Crippen LogP contribution in [0.4, 0.5) is 18.0 Å². The van der Waals surface area contributed by atoms with Crippen LogP contribution in [-0.2, 0) is 14.9 Å². The van der Waals surface area contributed by atoms with Crippen molar-refractivity contribution in [2.24, 2.45) is 0 Å². The van der Waals surface area contributed by atoms with E-state index in [4.69, 9.17) is 4.74 Å². The molecular formula is C17H22F3NO5S. The lowest BCUT2D eigenvalue weighted by atomic mass is 9.89. The van der Waals surface area contributed by atoms with Crippen LogP contribution in [0.15, 0.2) is 24.3 Å². The van der Waals surface area contributed by atoms with Gasteiger partial charge in [0.2, 0.25) is 0 Å². The molecule has 1 aliphatic rings. The molecule has 0 saturated carbocycles. The minimum Gasteiger partial charge on any atom is -0.444 e. The van der Waals surface area contributed by atoms with Gasteiger partial charge in [0.15, 0.2) is 0 Å². The van der Waals surface area contributed by atoms with E-state index in [1.807, 2.05) is 0 Å². The van der Waals surface area contributed by atoms with Gasteiger partial charge in [-0.15, -0.1) is 0 Å². The summed E-state index contributed by atoms with van der Waals surface area (Å²) in [5.74, 6) is -0.292. The number of rotatable bonds is 3. The van der Waals surface area contributed by atoms with E-state index in [-0.39, 0.29) is 12.0 Å². The lowest BCUT2D eigenvalue weighted by Gasteiger charge is -2.33. The van der Waals surface area contributed by atoms with Crippen molar-refractivity contribution in [1.82, 2.24) is 4.90 Å². The van der Waals surface area contributed by atoms with Crippen molar-refractivity contribution in [3.8, 4) is 5.75 Å². The molecule has 0 bridgehead atoms. The summed E-state index contributed by atoms with van der Waals surface area (Å²) in [7, 11) is -5.68. The van der Waals surface area contributed by atoms with Crippen LogP contribution in [0.5, 0.6) is 5.75 Å². The van der Waals surface area contributed by atoms with Gasteiger partial charge in [0.05, 0.1) is 0 Å². The van der Waals surface area contributed by atoms with Crippen LogP contribution in [0.25, 0.3) is 0 Å². The Kier molecular flexibility index (Phi) is 5.98. The molecule has 27 heavy (non-hydrogen) atoms. The maximum atomic E-state index is 12.3. The number of amides is 1. The molecule has 1 aromatic rings. The minimum absolute atomic E-state index is 0.108. The quantitative estimate of drug-likeness (QED) is 0.557. The highest BCUT2D eigenvalue weighted by Gasteiger charge is 2.48. The molecule has 2 rings (SSSR count). The van der Waals surface area contributed by atoms with Crippen LogP contribution in [-0.4, -0.2) is 43.6 Å². The van der Waals surface area contributed by atoms with Gasteiger partial charge in [-0.25, -0.2) is 4.79 Å². The highest BCUT2D eigenvalue weighted by atomic mass is 32.2. The molecule has 1 aromatic carbocycles. The SMILES string of the molecule is CC(C)(C)OC(=O)N1CCC(c2ccc(OS(=O)(=O)C(F)(F)F)cc2)CC1. The maximum Gasteiger partial charge on any atom is 0.534 e. The topological polar surface area (TPSA) is 72.9 Å². The molecule has 6 nitrogen and oxygen atoms in total. The van der Waals surface area contributed by atoms with Crippen LogP contribution in [0, 0.1) is 0 Å². The summed E-state index contributed by atoms with van der Waals surface area (Å²) in [6.07, 6.45) is 0.961. The summed E-state index contributed by atoms with van der Waals surface area (Å²) in [5.41, 5.74) is -5.20. The molecule has 0 unspecified atom stereocenters. The molecule has 0 N–H and O–H groups in total. The van der Waals surface area contributed by atoms with E-state index >= 15 is 0 Å². The average molecular weight is 409 g/mol. The minimum atomic E-state index is -5.68. The van der Waals surface area contributed by atoms with Crippen molar-refractivity contribution in [3.05, 3.63) is 29.8 Å². The van der Waals surface area contributed by atoms with E-state index in [0.29, 0.717) is 25.9 Å². The summed E-state index contributed by atoms with van der Waals surface area (Å²) in [6.45, 7) is 6.38. The van der Waals surface area contributed by atoms with Crippen LogP contribution in [0.1, 0.15) is 45.1 Å². The van der Waals surface area contributed by atoms with Crippen molar-refractivity contribution in [1.29, 1.82) is 0 Å². The summed E-state index contributed by atoms with van der Waals surface area (Å²) < 4.78 is 68.4. The van der Waals surface area contributed by atoms with Crippen LogP contribution in [0.2, 0.25) is 0 Å². The molecule has 0 radical (unpaired) electrons. The van der Waals surface area contributed by atoms with E-state index in [1.54, 1.807) is 25.7 Å². The molecular weight excluding hydrogens is 387 g/mol. The van der Waals surface area contributed by atoms with Gasteiger partial charge in [-0.05, 0) is 57.2 Å². The van der Waals surface area contributed by atoms with Crippen molar-refractivity contribution >= 4 is 16.2 Å². The number of hydrogen-bond acceptors (Lipinski definition) is 5. The number of carbonyl (C=O) groups is 1. The molecule has 152 valence electrons. The second-order valence-electron chi connectivity index (χ2n) is 7.29. The van der Waals surface area contributed by atoms with Crippen molar-refractivity contribution in [3.63, 3.8) is 0 Å². The van der Waals surface area contributed by atoms with Crippen LogP contribution < -0.4 is 4.18 Å². The average Bonchev–Trinajstić information content (AvgIpc) is 2.53. The zero-order valence-electron chi connectivity index (χ0n) is 15.2. The Bertz CT molecular complexity index is 761. The fraction of sp³-hybridized carbons (Fsp3) is 0.588. The molecule has 1 saturated heterocycles. The van der Waals surface area contributed by atoms with Crippen molar-refractivity contribution in [2.45, 2.75) is 50.6 Å². The maximum absolute atomic E-state index is 12.3. The molecule has 0 atom stereocenters. The van der Waals surface area contributed by atoms with Gasteiger partial charge in [0, 0.05) is 13.1 Å². The van der Waals surface area contributed by atoms with Gasteiger partial charge < -0.3 is 13.8 Å². The van der Waals surface area contributed by atoms with Gasteiger partial charge in [0.25, 0.3) is 0 Å². The Morgan fingerprint density at radius 1 is 1.07 bits per heavy atom. The van der Waals surface area contributed by atoms with E-state index in [0.717, 1.165) is 5.56 Å². The van der Waals surface area contributed by atoms with Crippen molar-refractivity contribution < 1.29 is 35.3 Å². The molecule has 0 spiro atoms. The third-order valence-corrected chi connectivity index (χ3v) is 4.97. The van der Waals surface area contributed by atoms with E-state index in [1.165, 1.54) is 24.3 Å². The number of alkyl halides is 3. The van der Waals surface area contributed by atoms with Crippen molar-refractivity contribution in [2.75, 3.05) is 13.1 Å². The Morgan fingerprint density at radius 3 is 2.04 bits per heavy atom. The summed E-state index contributed by atoms with van der Waals surface area (Å²) in [5, 5.41) is 0. The number of ether oxygens (including phenoxy) is 1. The molecule has 1 aliphatic heterocycles. The molecule has 1 fully saturated rings. The first-order chi connectivity index (χ1) is 12.3. The third-order valence-electron chi connectivity index (χ3n) is 3.99. The number of halogens is 3. The number of benzene rings is 1. The highest BCUT2D eigenvalue weighted by molar-refractivity contribution is 7.88. The van der Waals surface area contributed by atoms with Gasteiger partial charge >= 0.3 is 21.7 Å². The van der Waals surface area contributed by atoms with E-state index in [9.17, 15) is 26.4 Å². The molecule has 0 aliphatic carbocycles. The lowest BCUT2D eigenvalue weighted by molar-refractivity contribution is -0.0500. The van der Waals surface area contributed by atoms with Gasteiger partial charge in [0.1, 0.15) is 11.4 Å². The second-order valence-corrected chi connectivity index (χ2v) is 8.83. The lowest BCUT2D eigenvalue weighted by Crippen LogP contribution is -2.41. The Balaban J connectivity index is 1.95. The summed E-state index contributed by atoms with van der Waals surface area (Å²) >= 11 is 0. The first kappa shape index (κ1) is 21.3. The molecule has 0 aromatic heterocycles. The predicted molar refractivity (Wildman–Crippen MR) is 91.8 cm³/mol. The standard InChI is InChI=1S/C17H22F3NO5S/c1-16(2,3)25-15(22)21-10-8-13(9-11-21)12-4-6-14(7-5-12)26-27(23,24)17(18,19)20/h4-7,13H,8-11H2,1-3H3. The number of piperidine rings is 1. The fourth-order valence-electron chi connectivity index (χ4n) is 2.69. The first-order valence-electron chi connectivity index (χ1n) is 8.37. The Hall–Kier alpha value is -1.97. The van der Waals surface area contributed by atoms with E-state index in [2.05, 4.69) is 4.18 Å². The second kappa shape index (κ2) is 7.57. The summed E-state index contributed by atoms with van der Waals surface area (Å²) in [4.78, 5) is 13.7. The Labute approximate surface area is 156 Å². The largest absolute Gasteiger partial charge is 0.534 e. The van der Waals surface area contributed by atoms with Gasteiger partial charge in [-0.2, -0.15) is 21.6 Å². The number of nitrogens with zero attached hydrogens (tertiary/aromatic N) is 1. The Morgan fingerprint density at radius 2 is 1.59 bits per heavy atom. The highest BCUT2D eigenvalue weighted by Crippen LogP contribution is 2.31. The summed E-state index contributed by atoms with van der Waals surface area (Å²) in [6, 6.07) is 5.46. The first-order valence-corrected chi connectivity index (χ1v) is 9.78. The van der Waals surface area contributed by atoms with Crippen LogP contribution >= 0.6 is 0 Å². The molecule has 10 heteroatoms. The number of likely N-dealkylation sites (tertiary alicyclic amines) is 1. The smallest absolute Gasteiger partial charge is 0.444 e. The van der Waals surface area contributed by atoms with E-state index < -0.39 is 27.0 Å². The predicted octanol–water partition coefficient (Wildman–Crippen LogP) is 4.03. The van der Waals surface area contributed by atoms with Crippen LogP contribution in [0.3, 0.4) is 0 Å². The zero-order chi connectivity index (χ0) is 20.5. The zero-order valence-corrected chi connectivity index (χ0v) is 16.1. The number of hydrogen-bond donors (Lipinski definition) is 0. The van der Waals surface area contributed by atoms with Gasteiger partial charge in [-0.3, -0.25) is 0 Å². The molecule has 1 amide bonds. The molecule has 1 heterocycles. The van der Waals surface area contributed by atoms with Gasteiger partial charge in [-0.1, -0.05) is 12.1 Å². The monoisotopic (exact) mass is 409 g/mol. The number of carbonyl (C=O) groups excluding carboxylic acids is 1. The fourth-order valence-corrected chi connectivity index (χ4v) is 3.15. The third kappa shape index (κ3) is 5.75.